The Labute approximate surface area is 206 Å². The summed E-state index contributed by atoms with van der Waals surface area (Å²) in [6, 6.07) is 12.1. The Morgan fingerprint density at radius 1 is 0.889 bits per heavy atom. The number of rotatable bonds is 5. The van der Waals surface area contributed by atoms with Crippen molar-refractivity contribution in [2.45, 2.75) is 38.2 Å². The number of H-pyrrole nitrogens is 2. The summed E-state index contributed by atoms with van der Waals surface area (Å²) in [7, 11) is 0. The molecule has 1 aliphatic rings. The Morgan fingerprint density at radius 2 is 1.83 bits per heavy atom. The fraction of sp³-hybridized carbons (Fsp3) is 0.214. The minimum Gasteiger partial charge on any atom is -0.489 e. The molecule has 0 atom stereocenters. The molecular weight excluding hydrogens is 452 g/mol. The van der Waals surface area contributed by atoms with Gasteiger partial charge >= 0.3 is 0 Å². The third kappa shape index (κ3) is 3.71. The maximum atomic E-state index is 6.25. The number of aromatic nitrogens is 6. The molecule has 5 heterocycles. The third-order valence-corrected chi connectivity index (χ3v) is 6.88. The number of fused-ring (bicyclic) bond motifs is 2. The van der Waals surface area contributed by atoms with Gasteiger partial charge in [0.25, 0.3) is 0 Å². The number of hydrogen-bond donors (Lipinski definition) is 2. The summed E-state index contributed by atoms with van der Waals surface area (Å²) in [6.07, 6.45) is 15.0. The zero-order valence-corrected chi connectivity index (χ0v) is 19.6. The number of ether oxygens (including phenoxy) is 1. The second-order valence-corrected chi connectivity index (χ2v) is 9.27. The first-order valence-electron chi connectivity index (χ1n) is 12.3. The standard InChI is InChI=1S/C28H24N6O2/c1-2-4-20(5-3-1)36-21-12-19(14-29-15-21)17-6-7-23-22(13-17)26(34-33-23)28-31-24-8-10-30-25(27(24)32-28)18-9-11-35-16-18/h6-16,20H,1-5H2,(H,31,32)(H,33,34). The molecule has 0 unspecified atom stereocenters. The fourth-order valence-corrected chi connectivity index (χ4v) is 5.05. The molecule has 6 aromatic rings. The van der Waals surface area contributed by atoms with Gasteiger partial charge in [0.15, 0.2) is 5.82 Å². The first kappa shape index (κ1) is 20.9. The molecular formula is C28H24N6O2. The lowest BCUT2D eigenvalue weighted by Crippen LogP contribution is -2.19. The molecule has 5 aromatic heterocycles. The van der Waals surface area contributed by atoms with E-state index < -0.39 is 0 Å². The average molecular weight is 477 g/mol. The highest BCUT2D eigenvalue weighted by Crippen LogP contribution is 2.33. The molecule has 1 aromatic carbocycles. The molecule has 8 heteroatoms. The van der Waals surface area contributed by atoms with E-state index in [2.05, 4.69) is 43.3 Å². The zero-order chi connectivity index (χ0) is 23.9. The van der Waals surface area contributed by atoms with Gasteiger partial charge in [0.1, 0.15) is 22.7 Å². The molecule has 0 saturated heterocycles. The highest BCUT2D eigenvalue weighted by Gasteiger charge is 2.18. The van der Waals surface area contributed by atoms with Crippen LogP contribution in [0.3, 0.4) is 0 Å². The van der Waals surface area contributed by atoms with Gasteiger partial charge in [0.05, 0.1) is 35.9 Å². The van der Waals surface area contributed by atoms with E-state index in [4.69, 9.17) is 14.1 Å². The van der Waals surface area contributed by atoms with Crippen molar-refractivity contribution in [3.05, 3.63) is 67.5 Å². The molecule has 0 bridgehead atoms. The van der Waals surface area contributed by atoms with E-state index in [1.165, 1.54) is 19.3 Å². The Bertz CT molecular complexity index is 1660. The van der Waals surface area contributed by atoms with Gasteiger partial charge in [-0.05, 0) is 61.6 Å². The second kappa shape index (κ2) is 8.64. The first-order chi connectivity index (χ1) is 17.8. The van der Waals surface area contributed by atoms with E-state index in [1.54, 1.807) is 24.9 Å². The average Bonchev–Trinajstić information content (AvgIpc) is 3.68. The molecule has 0 spiro atoms. The number of benzene rings is 1. The molecule has 7 rings (SSSR count). The van der Waals surface area contributed by atoms with Crippen LogP contribution >= 0.6 is 0 Å². The van der Waals surface area contributed by atoms with Crippen LogP contribution in [0.2, 0.25) is 0 Å². The SMILES string of the molecule is c1cc2[nH]c(-c3n[nH]c4ccc(-c5cncc(OC6CCCCC6)c5)cc34)nc2c(-c2ccoc2)n1. The highest BCUT2D eigenvalue weighted by atomic mass is 16.5. The molecule has 1 aliphatic carbocycles. The predicted molar refractivity (Wildman–Crippen MR) is 137 cm³/mol. The number of nitrogens with zero attached hydrogens (tertiary/aromatic N) is 4. The van der Waals surface area contributed by atoms with Crippen LogP contribution in [-0.2, 0) is 0 Å². The number of hydrogen-bond acceptors (Lipinski definition) is 6. The summed E-state index contributed by atoms with van der Waals surface area (Å²) in [5, 5.41) is 8.70. The molecule has 1 saturated carbocycles. The first-order valence-corrected chi connectivity index (χ1v) is 12.3. The van der Waals surface area contributed by atoms with Crippen LogP contribution in [0.15, 0.2) is 71.9 Å². The fourth-order valence-electron chi connectivity index (χ4n) is 5.05. The Kier molecular flexibility index (Phi) is 5.01. The normalized spacial score (nSPS) is 14.6. The van der Waals surface area contributed by atoms with E-state index in [0.717, 1.165) is 68.6 Å². The maximum absolute atomic E-state index is 6.25. The summed E-state index contributed by atoms with van der Waals surface area (Å²) >= 11 is 0. The highest BCUT2D eigenvalue weighted by molar-refractivity contribution is 5.97. The summed E-state index contributed by atoms with van der Waals surface area (Å²) in [5.74, 6) is 1.50. The molecule has 2 N–H and O–H groups in total. The lowest BCUT2D eigenvalue weighted by atomic mass is 9.98. The van der Waals surface area contributed by atoms with Crippen LogP contribution in [0.1, 0.15) is 32.1 Å². The molecule has 0 aliphatic heterocycles. The molecule has 0 amide bonds. The van der Waals surface area contributed by atoms with E-state index in [9.17, 15) is 0 Å². The lowest BCUT2D eigenvalue weighted by molar-refractivity contribution is 0.154. The Morgan fingerprint density at radius 3 is 2.72 bits per heavy atom. The Balaban J connectivity index is 1.26. The number of pyridine rings is 2. The van der Waals surface area contributed by atoms with Gasteiger partial charge in [-0.3, -0.25) is 15.1 Å². The lowest BCUT2D eigenvalue weighted by Gasteiger charge is -2.23. The van der Waals surface area contributed by atoms with Crippen molar-refractivity contribution in [2.75, 3.05) is 0 Å². The molecule has 8 nitrogen and oxygen atoms in total. The third-order valence-electron chi connectivity index (χ3n) is 6.88. The van der Waals surface area contributed by atoms with Gasteiger partial charge in [-0.25, -0.2) is 4.98 Å². The largest absolute Gasteiger partial charge is 0.489 e. The molecule has 178 valence electrons. The number of aromatic amines is 2. The number of furan rings is 1. The smallest absolute Gasteiger partial charge is 0.159 e. The van der Waals surface area contributed by atoms with Gasteiger partial charge in [0.2, 0.25) is 0 Å². The zero-order valence-electron chi connectivity index (χ0n) is 19.6. The van der Waals surface area contributed by atoms with Gasteiger partial charge in [-0.15, -0.1) is 0 Å². The van der Waals surface area contributed by atoms with Crippen molar-refractivity contribution >= 4 is 21.9 Å². The van der Waals surface area contributed by atoms with Crippen molar-refractivity contribution in [3.63, 3.8) is 0 Å². The summed E-state index contributed by atoms with van der Waals surface area (Å²) in [6.45, 7) is 0. The van der Waals surface area contributed by atoms with E-state index in [-0.39, 0.29) is 6.10 Å². The maximum Gasteiger partial charge on any atom is 0.159 e. The minimum atomic E-state index is 0.285. The quantitative estimate of drug-likeness (QED) is 0.293. The molecule has 1 fully saturated rings. The van der Waals surface area contributed by atoms with Crippen LogP contribution in [0, 0.1) is 0 Å². The van der Waals surface area contributed by atoms with Crippen LogP contribution in [-0.4, -0.2) is 36.2 Å². The Hall–Kier alpha value is -4.46. The van der Waals surface area contributed by atoms with Crippen molar-refractivity contribution < 1.29 is 9.15 Å². The van der Waals surface area contributed by atoms with Crippen LogP contribution in [0.25, 0.3) is 55.8 Å². The summed E-state index contributed by atoms with van der Waals surface area (Å²) in [4.78, 5) is 17.3. The summed E-state index contributed by atoms with van der Waals surface area (Å²) in [5.41, 5.74) is 7.06. The van der Waals surface area contributed by atoms with E-state index in [0.29, 0.717) is 5.82 Å². The molecule has 0 radical (unpaired) electrons. The predicted octanol–water partition coefficient (Wildman–Crippen LogP) is 6.53. The van der Waals surface area contributed by atoms with Crippen LogP contribution < -0.4 is 4.74 Å². The second-order valence-electron chi connectivity index (χ2n) is 9.27. The van der Waals surface area contributed by atoms with Crippen molar-refractivity contribution in [1.82, 2.24) is 30.1 Å². The van der Waals surface area contributed by atoms with Gasteiger partial charge in [0, 0.05) is 28.9 Å². The topological polar surface area (TPSA) is 106 Å². The van der Waals surface area contributed by atoms with Crippen molar-refractivity contribution in [2.24, 2.45) is 0 Å². The summed E-state index contributed by atoms with van der Waals surface area (Å²) < 4.78 is 11.5. The van der Waals surface area contributed by atoms with Crippen molar-refractivity contribution in [3.8, 4) is 39.7 Å². The number of imidazole rings is 1. The van der Waals surface area contributed by atoms with Gasteiger partial charge in [-0.1, -0.05) is 12.5 Å². The molecule has 36 heavy (non-hydrogen) atoms. The van der Waals surface area contributed by atoms with Crippen LogP contribution in [0.5, 0.6) is 5.75 Å². The van der Waals surface area contributed by atoms with Gasteiger partial charge < -0.3 is 14.1 Å². The van der Waals surface area contributed by atoms with Crippen molar-refractivity contribution in [1.29, 1.82) is 0 Å². The van der Waals surface area contributed by atoms with Gasteiger partial charge in [-0.2, -0.15) is 5.10 Å². The number of nitrogens with one attached hydrogen (secondary N) is 2. The van der Waals surface area contributed by atoms with Crippen LogP contribution in [0.4, 0.5) is 0 Å². The monoisotopic (exact) mass is 476 g/mol. The minimum absolute atomic E-state index is 0.285. The van der Waals surface area contributed by atoms with E-state index >= 15 is 0 Å². The van der Waals surface area contributed by atoms with E-state index in [1.807, 2.05) is 24.4 Å².